The van der Waals surface area contributed by atoms with Crippen LogP contribution in [0.4, 0.5) is 0 Å². The fourth-order valence-electron chi connectivity index (χ4n) is 1.76. The molecule has 0 aliphatic heterocycles. The number of alkyl halides is 1. The minimum absolute atomic E-state index is 0.246. The summed E-state index contributed by atoms with van der Waals surface area (Å²) in [6.45, 7) is 5.07. The summed E-state index contributed by atoms with van der Waals surface area (Å²) in [5, 5.41) is 0.246. The van der Waals surface area contributed by atoms with E-state index in [9.17, 15) is 0 Å². The molecule has 0 aromatic heterocycles. The third-order valence-electron chi connectivity index (χ3n) is 2.97. The molecule has 14 heavy (non-hydrogen) atoms. The lowest BCUT2D eigenvalue weighted by molar-refractivity contribution is 0.0223. The van der Waals surface area contributed by atoms with Crippen LogP contribution in [0.15, 0.2) is 0 Å². The Kier molecular flexibility index (Phi) is 5.83. The van der Waals surface area contributed by atoms with Crippen molar-refractivity contribution in [2.75, 3.05) is 26.7 Å². The van der Waals surface area contributed by atoms with Gasteiger partial charge in [0.2, 0.25) is 0 Å². The van der Waals surface area contributed by atoms with Crippen LogP contribution in [-0.4, -0.2) is 43.1 Å². The summed E-state index contributed by atoms with van der Waals surface area (Å²) in [5.41, 5.74) is 0. The molecule has 0 radical (unpaired) electrons. The van der Waals surface area contributed by atoms with Crippen molar-refractivity contribution >= 4 is 11.6 Å². The van der Waals surface area contributed by atoms with Crippen molar-refractivity contribution < 1.29 is 4.74 Å². The first kappa shape index (κ1) is 12.3. The average Bonchev–Trinajstić information content (AvgIpc) is 2.20. The van der Waals surface area contributed by atoms with Crippen molar-refractivity contribution in [3.63, 3.8) is 0 Å². The summed E-state index contributed by atoms with van der Waals surface area (Å²) in [4.78, 5) is 2.26. The zero-order valence-corrected chi connectivity index (χ0v) is 10.1. The van der Waals surface area contributed by atoms with Crippen molar-refractivity contribution in [3.05, 3.63) is 0 Å². The topological polar surface area (TPSA) is 12.5 Å². The van der Waals surface area contributed by atoms with E-state index >= 15 is 0 Å². The molecule has 0 saturated heterocycles. The van der Waals surface area contributed by atoms with E-state index in [0.717, 1.165) is 32.5 Å². The number of likely N-dealkylation sites (N-methyl/N-ethyl adjacent to an activating group) is 1. The zero-order chi connectivity index (χ0) is 10.4. The van der Waals surface area contributed by atoms with Gasteiger partial charge in [-0.1, -0.05) is 19.8 Å². The Labute approximate surface area is 92.6 Å². The first-order valence-corrected chi connectivity index (χ1v) is 6.12. The van der Waals surface area contributed by atoms with Gasteiger partial charge in [0.15, 0.2) is 0 Å². The van der Waals surface area contributed by atoms with Gasteiger partial charge in [-0.25, -0.2) is 0 Å². The lowest BCUT2D eigenvalue weighted by Gasteiger charge is -2.27. The molecule has 3 heteroatoms. The van der Waals surface area contributed by atoms with Gasteiger partial charge in [-0.15, -0.1) is 11.6 Å². The molecule has 2 nitrogen and oxygen atoms in total. The fraction of sp³-hybridized carbons (Fsp3) is 1.00. The summed E-state index contributed by atoms with van der Waals surface area (Å²) in [6.07, 6.45) is 5.11. The standard InChI is InChI=1S/C11H22ClNO/c1-3-13(2)8-9-14-11-7-5-4-6-10(11)12/h10-11H,3-9H2,1-2H3. The van der Waals surface area contributed by atoms with Gasteiger partial charge in [-0.05, 0) is 26.4 Å². The number of hydrogen-bond donors (Lipinski definition) is 0. The van der Waals surface area contributed by atoms with Gasteiger partial charge in [0, 0.05) is 6.54 Å². The zero-order valence-electron chi connectivity index (χ0n) is 9.34. The first-order valence-electron chi connectivity index (χ1n) is 5.68. The number of rotatable bonds is 5. The molecular formula is C11H22ClNO. The molecule has 2 atom stereocenters. The van der Waals surface area contributed by atoms with Gasteiger partial charge >= 0.3 is 0 Å². The highest BCUT2D eigenvalue weighted by Crippen LogP contribution is 2.25. The third kappa shape index (κ3) is 4.16. The molecular weight excluding hydrogens is 198 g/mol. The van der Waals surface area contributed by atoms with Crippen molar-refractivity contribution in [1.29, 1.82) is 0 Å². The second kappa shape index (κ2) is 6.65. The molecule has 2 unspecified atom stereocenters. The van der Waals surface area contributed by atoms with E-state index in [1.54, 1.807) is 0 Å². The van der Waals surface area contributed by atoms with Gasteiger partial charge in [0.25, 0.3) is 0 Å². The predicted octanol–water partition coefficient (Wildman–Crippen LogP) is 2.50. The van der Waals surface area contributed by atoms with E-state index in [1.165, 1.54) is 12.8 Å². The van der Waals surface area contributed by atoms with Gasteiger partial charge < -0.3 is 9.64 Å². The second-order valence-corrected chi connectivity index (χ2v) is 4.67. The molecule has 1 fully saturated rings. The van der Waals surface area contributed by atoms with E-state index < -0.39 is 0 Å². The summed E-state index contributed by atoms with van der Waals surface area (Å²) in [6, 6.07) is 0. The van der Waals surface area contributed by atoms with Crippen molar-refractivity contribution in [2.45, 2.75) is 44.1 Å². The van der Waals surface area contributed by atoms with E-state index in [4.69, 9.17) is 16.3 Å². The van der Waals surface area contributed by atoms with E-state index in [-0.39, 0.29) is 5.38 Å². The monoisotopic (exact) mass is 219 g/mol. The maximum atomic E-state index is 6.19. The van der Waals surface area contributed by atoms with Gasteiger partial charge in [-0.3, -0.25) is 0 Å². The summed E-state index contributed by atoms with van der Waals surface area (Å²) in [7, 11) is 2.11. The van der Waals surface area contributed by atoms with Crippen LogP contribution in [0.1, 0.15) is 32.6 Å². The molecule has 1 saturated carbocycles. The molecule has 0 spiro atoms. The SMILES string of the molecule is CCN(C)CCOC1CCCCC1Cl. The Morgan fingerprint density at radius 3 is 2.71 bits per heavy atom. The number of nitrogens with zero attached hydrogens (tertiary/aromatic N) is 1. The van der Waals surface area contributed by atoms with E-state index in [1.807, 2.05) is 0 Å². The van der Waals surface area contributed by atoms with Crippen LogP contribution >= 0.6 is 11.6 Å². The summed E-state index contributed by atoms with van der Waals surface area (Å²) in [5.74, 6) is 0. The summed E-state index contributed by atoms with van der Waals surface area (Å²) < 4.78 is 5.79. The van der Waals surface area contributed by atoms with Crippen molar-refractivity contribution in [1.82, 2.24) is 4.90 Å². The largest absolute Gasteiger partial charge is 0.375 e. The maximum absolute atomic E-state index is 6.19. The van der Waals surface area contributed by atoms with Crippen molar-refractivity contribution in [2.24, 2.45) is 0 Å². The minimum Gasteiger partial charge on any atom is -0.375 e. The van der Waals surface area contributed by atoms with Gasteiger partial charge in [-0.2, -0.15) is 0 Å². The quantitative estimate of drug-likeness (QED) is 0.659. The normalized spacial score (nSPS) is 28.3. The van der Waals surface area contributed by atoms with Gasteiger partial charge in [0.05, 0.1) is 18.1 Å². The molecule has 1 rings (SSSR count). The minimum atomic E-state index is 0.246. The number of hydrogen-bond acceptors (Lipinski definition) is 2. The molecule has 0 aromatic rings. The average molecular weight is 220 g/mol. The highest BCUT2D eigenvalue weighted by Gasteiger charge is 2.23. The van der Waals surface area contributed by atoms with Crippen LogP contribution in [-0.2, 0) is 4.74 Å². The second-order valence-electron chi connectivity index (χ2n) is 4.11. The first-order chi connectivity index (χ1) is 6.74. The van der Waals surface area contributed by atoms with Crippen LogP contribution < -0.4 is 0 Å². The van der Waals surface area contributed by atoms with E-state index in [2.05, 4.69) is 18.9 Å². The Balaban J connectivity index is 2.10. The molecule has 0 amide bonds. The highest BCUT2D eigenvalue weighted by atomic mass is 35.5. The maximum Gasteiger partial charge on any atom is 0.0739 e. The van der Waals surface area contributed by atoms with Crippen molar-refractivity contribution in [3.8, 4) is 0 Å². The van der Waals surface area contributed by atoms with Crippen LogP contribution in [0.2, 0.25) is 0 Å². The number of ether oxygens (including phenoxy) is 1. The Morgan fingerprint density at radius 1 is 1.36 bits per heavy atom. The Bertz CT molecular complexity index is 154. The highest BCUT2D eigenvalue weighted by molar-refractivity contribution is 6.21. The molecule has 1 aliphatic carbocycles. The van der Waals surface area contributed by atoms with Crippen LogP contribution in [0, 0.1) is 0 Å². The lowest BCUT2D eigenvalue weighted by atomic mass is 9.97. The lowest BCUT2D eigenvalue weighted by Crippen LogP contribution is -2.31. The third-order valence-corrected chi connectivity index (χ3v) is 3.47. The molecule has 84 valence electrons. The molecule has 0 bridgehead atoms. The van der Waals surface area contributed by atoms with Crippen LogP contribution in [0.25, 0.3) is 0 Å². The fourth-order valence-corrected chi connectivity index (χ4v) is 2.11. The number of halogens is 1. The molecule has 0 N–H and O–H groups in total. The van der Waals surface area contributed by atoms with Crippen LogP contribution in [0.5, 0.6) is 0 Å². The predicted molar refractivity (Wildman–Crippen MR) is 61.0 cm³/mol. The molecule has 1 aliphatic rings. The van der Waals surface area contributed by atoms with Crippen LogP contribution in [0.3, 0.4) is 0 Å². The van der Waals surface area contributed by atoms with Gasteiger partial charge in [0.1, 0.15) is 0 Å². The molecule has 0 heterocycles. The smallest absolute Gasteiger partial charge is 0.0739 e. The molecule has 0 aromatic carbocycles. The Morgan fingerprint density at radius 2 is 2.07 bits per heavy atom. The van der Waals surface area contributed by atoms with E-state index in [0.29, 0.717) is 6.10 Å². The Hall–Kier alpha value is 0.210. The summed E-state index contributed by atoms with van der Waals surface area (Å²) >= 11 is 6.19.